The van der Waals surface area contributed by atoms with Gasteiger partial charge in [0, 0.05) is 0 Å². The molecule has 0 unspecified atom stereocenters. The van der Waals surface area contributed by atoms with Crippen LogP contribution in [0.15, 0.2) is 54.6 Å². The second-order valence-corrected chi connectivity index (χ2v) is 3.88. The van der Waals surface area contributed by atoms with Gasteiger partial charge >= 0.3 is 0 Å². The fraction of sp³-hybridized carbons (Fsp3) is 0.0769. The summed E-state index contributed by atoms with van der Waals surface area (Å²) in [6.45, 7) is 2.08. The summed E-state index contributed by atoms with van der Waals surface area (Å²) in [5, 5.41) is 1.21. The van der Waals surface area contributed by atoms with E-state index in [1.807, 2.05) is 30.3 Å². The fourth-order valence-electron chi connectivity index (χ4n) is 0.974. The molecule has 2 aromatic rings. The van der Waals surface area contributed by atoms with Crippen molar-refractivity contribution in [1.82, 2.24) is 0 Å². The van der Waals surface area contributed by atoms with Crippen molar-refractivity contribution in [3.8, 4) is 0 Å². The van der Waals surface area contributed by atoms with Gasteiger partial charge in [-0.2, -0.15) is 0 Å². The van der Waals surface area contributed by atoms with Crippen LogP contribution in [0, 0.1) is 6.92 Å². The molecule has 0 bridgehead atoms. The van der Waals surface area contributed by atoms with Gasteiger partial charge in [-0.25, -0.2) is 0 Å². The number of benzene rings is 2. The molecule has 0 radical (unpaired) electrons. The molecule has 0 amide bonds. The van der Waals surface area contributed by atoms with Crippen LogP contribution in [0.2, 0.25) is 10.0 Å². The van der Waals surface area contributed by atoms with Crippen molar-refractivity contribution >= 4 is 23.2 Å². The molecule has 2 rings (SSSR count). The van der Waals surface area contributed by atoms with Crippen LogP contribution in [0.1, 0.15) is 5.56 Å². The molecule has 0 saturated heterocycles. The van der Waals surface area contributed by atoms with E-state index in [4.69, 9.17) is 23.2 Å². The number of hydrogen-bond donors (Lipinski definition) is 0. The first kappa shape index (κ1) is 12.1. The number of halogens is 2. The van der Waals surface area contributed by atoms with Gasteiger partial charge < -0.3 is 0 Å². The van der Waals surface area contributed by atoms with Crippen molar-refractivity contribution in [2.24, 2.45) is 0 Å². The molecule has 15 heavy (non-hydrogen) atoms. The highest BCUT2D eigenvalue weighted by Gasteiger charge is 1.89. The molecule has 0 N–H and O–H groups in total. The molecule has 0 atom stereocenters. The first-order valence-corrected chi connectivity index (χ1v) is 5.37. The van der Waals surface area contributed by atoms with E-state index in [9.17, 15) is 0 Å². The minimum atomic E-state index is 0.606. The zero-order valence-corrected chi connectivity index (χ0v) is 9.96. The monoisotopic (exact) mass is 238 g/mol. The predicted octanol–water partition coefficient (Wildman–Crippen LogP) is 4.99. The molecule has 0 aliphatic carbocycles. The summed E-state index contributed by atoms with van der Waals surface area (Å²) in [6.07, 6.45) is 0. The van der Waals surface area contributed by atoms with Gasteiger partial charge in [-0.1, -0.05) is 71.2 Å². The Morgan fingerprint density at radius 1 is 0.667 bits per heavy atom. The van der Waals surface area contributed by atoms with E-state index in [-0.39, 0.29) is 0 Å². The summed E-state index contributed by atoms with van der Waals surface area (Å²) >= 11 is 11.2. The minimum Gasteiger partial charge on any atom is -0.0827 e. The molecule has 2 heteroatoms. The standard InChI is InChI=1S/C7H8.C6H4Cl2/c1-7-5-3-2-4-6-7;7-5-3-1-2-4-6(5)8/h2-6H,1H3;1-4H. The molecule has 0 fully saturated rings. The third-order valence-electron chi connectivity index (χ3n) is 1.76. The second kappa shape index (κ2) is 6.49. The average molecular weight is 239 g/mol. The molecule has 0 saturated carbocycles. The van der Waals surface area contributed by atoms with Crippen molar-refractivity contribution < 1.29 is 0 Å². The Hall–Kier alpha value is -0.980. The van der Waals surface area contributed by atoms with E-state index in [0.29, 0.717) is 10.0 Å². The van der Waals surface area contributed by atoms with Crippen LogP contribution in [0.3, 0.4) is 0 Å². The third kappa shape index (κ3) is 4.87. The van der Waals surface area contributed by atoms with Crippen molar-refractivity contribution in [2.75, 3.05) is 0 Å². The molecule has 0 spiro atoms. The molecule has 2 aromatic carbocycles. The molecular formula is C13H12Cl2. The van der Waals surface area contributed by atoms with Gasteiger partial charge in [-0.3, -0.25) is 0 Å². The zero-order chi connectivity index (χ0) is 11.1. The Morgan fingerprint density at radius 2 is 1.07 bits per heavy atom. The topological polar surface area (TPSA) is 0 Å². The summed E-state index contributed by atoms with van der Waals surface area (Å²) in [7, 11) is 0. The van der Waals surface area contributed by atoms with Gasteiger partial charge in [0.25, 0.3) is 0 Å². The Balaban J connectivity index is 0.000000151. The SMILES string of the molecule is Cc1ccccc1.Clc1ccccc1Cl. The lowest BCUT2D eigenvalue weighted by Crippen LogP contribution is -1.62. The van der Waals surface area contributed by atoms with Gasteiger partial charge in [0.15, 0.2) is 0 Å². The largest absolute Gasteiger partial charge is 0.0827 e. The maximum Gasteiger partial charge on any atom is 0.0592 e. The molecular weight excluding hydrogens is 227 g/mol. The van der Waals surface area contributed by atoms with Crippen molar-refractivity contribution in [2.45, 2.75) is 6.92 Å². The van der Waals surface area contributed by atoms with Crippen molar-refractivity contribution in [3.05, 3.63) is 70.2 Å². The van der Waals surface area contributed by atoms with Gasteiger partial charge in [0.05, 0.1) is 10.0 Å². The number of hydrogen-bond acceptors (Lipinski definition) is 0. The van der Waals surface area contributed by atoms with Gasteiger partial charge in [-0.05, 0) is 19.1 Å². The fourth-order valence-corrected chi connectivity index (χ4v) is 1.25. The minimum absolute atomic E-state index is 0.606. The number of aryl methyl sites for hydroxylation is 1. The Kier molecular flexibility index (Phi) is 5.23. The highest BCUT2D eigenvalue weighted by molar-refractivity contribution is 6.41. The lowest BCUT2D eigenvalue weighted by molar-refractivity contribution is 1.48. The zero-order valence-electron chi connectivity index (χ0n) is 8.45. The Morgan fingerprint density at radius 3 is 1.33 bits per heavy atom. The smallest absolute Gasteiger partial charge is 0.0592 e. The lowest BCUT2D eigenvalue weighted by Gasteiger charge is -1.88. The first-order chi connectivity index (χ1) is 7.20. The summed E-state index contributed by atoms with van der Waals surface area (Å²) in [5.74, 6) is 0. The predicted molar refractivity (Wildman–Crippen MR) is 67.6 cm³/mol. The molecule has 0 nitrogen and oxygen atoms in total. The van der Waals surface area contributed by atoms with E-state index in [2.05, 4.69) is 19.1 Å². The highest BCUT2D eigenvalue weighted by Crippen LogP contribution is 2.19. The van der Waals surface area contributed by atoms with E-state index in [0.717, 1.165) is 0 Å². The second-order valence-electron chi connectivity index (χ2n) is 3.07. The van der Waals surface area contributed by atoms with Gasteiger partial charge in [0.1, 0.15) is 0 Å². The van der Waals surface area contributed by atoms with Crippen LogP contribution in [0.5, 0.6) is 0 Å². The summed E-state index contributed by atoms with van der Waals surface area (Å²) < 4.78 is 0. The van der Waals surface area contributed by atoms with Crippen LogP contribution in [-0.4, -0.2) is 0 Å². The van der Waals surface area contributed by atoms with Crippen LogP contribution in [0.25, 0.3) is 0 Å². The summed E-state index contributed by atoms with van der Waals surface area (Å²) in [5.41, 5.74) is 1.32. The molecule has 0 aliphatic heterocycles. The van der Waals surface area contributed by atoms with E-state index < -0.39 is 0 Å². The maximum atomic E-state index is 5.58. The molecule has 0 aromatic heterocycles. The quantitative estimate of drug-likeness (QED) is 0.607. The number of rotatable bonds is 0. The van der Waals surface area contributed by atoms with Crippen LogP contribution < -0.4 is 0 Å². The van der Waals surface area contributed by atoms with Crippen molar-refractivity contribution in [3.63, 3.8) is 0 Å². The third-order valence-corrected chi connectivity index (χ3v) is 2.52. The maximum absolute atomic E-state index is 5.58. The van der Waals surface area contributed by atoms with Gasteiger partial charge in [-0.15, -0.1) is 0 Å². The summed E-state index contributed by atoms with van der Waals surface area (Å²) in [4.78, 5) is 0. The Labute approximate surface area is 100 Å². The van der Waals surface area contributed by atoms with E-state index >= 15 is 0 Å². The van der Waals surface area contributed by atoms with Crippen LogP contribution in [0.4, 0.5) is 0 Å². The highest BCUT2D eigenvalue weighted by atomic mass is 35.5. The summed E-state index contributed by atoms with van der Waals surface area (Å²) in [6, 6.07) is 17.5. The average Bonchev–Trinajstić information content (AvgIpc) is 2.25. The van der Waals surface area contributed by atoms with Crippen LogP contribution >= 0.6 is 23.2 Å². The normalized spacial score (nSPS) is 9.00. The van der Waals surface area contributed by atoms with Crippen molar-refractivity contribution in [1.29, 1.82) is 0 Å². The Bertz CT molecular complexity index is 375. The molecule has 0 aliphatic rings. The van der Waals surface area contributed by atoms with Crippen LogP contribution in [-0.2, 0) is 0 Å². The molecule has 0 heterocycles. The molecule has 78 valence electrons. The van der Waals surface area contributed by atoms with E-state index in [1.54, 1.807) is 12.1 Å². The van der Waals surface area contributed by atoms with E-state index in [1.165, 1.54) is 5.56 Å². The first-order valence-electron chi connectivity index (χ1n) is 4.62. The lowest BCUT2D eigenvalue weighted by atomic mass is 10.2. The van der Waals surface area contributed by atoms with Gasteiger partial charge in [0.2, 0.25) is 0 Å².